The van der Waals surface area contributed by atoms with Crippen LogP contribution >= 0.6 is 0 Å². The molecular weight excluding hydrogens is 286 g/mol. The van der Waals surface area contributed by atoms with Gasteiger partial charge >= 0.3 is 0 Å². The number of anilines is 1. The largest absolute Gasteiger partial charge is 0.454 e. The van der Waals surface area contributed by atoms with E-state index >= 15 is 0 Å². The number of ether oxygens (including phenoxy) is 3. The van der Waals surface area contributed by atoms with Gasteiger partial charge in [0.15, 0.2) is 11.5 Å². The first kappa shape index (κ1) is 15.1. The Morgan fingerprint density at radius 3 is 2.86 bits per heavy atom. The number of amides is 1. The number of carbonyl (C=O) groups is 1. The van der Waals surface area contributed by atoms with E-state index in [1.54, 1.807) is 18.2 Å². The lowest BCUT2D eigenvalue weighted by Crippen LogP contribution is -2.41. The summed E-state index contributed by atoms with van der Waals surface area (Å²) in [5, 5.41) is 5.99. The molecule has 0 atom stereocenters. The molecule has 1 saturated heterocycles. The number of carbonyl (C=O) groups excluding carboxylic acids is 1. The van der Waals surface area contributed by atoms with Crippen molar-refractivity contribution in [1.29, 1.82) is 0 Å². The molecular formula is C15H21N3O4. The number of hydrogen-bond acceptors (Lipinski definition) is 6. The van der Waals surface area contributed by atoms with Crippen LogP contribution in [0.4, 0.5) is 5.69 Å². The predicted octanol–water partition coefficient (Wildman–Crippen LogP) is 0.276. The van der Waals surface area contributed by atoms with Gasteiger partial charge in [0.1, 0.15) is 0 Å². The molecule has 7 nitrogen and oxygen atoms in total. The maximum atomic E-state index is 11.9. The molecule has 2 aliphatic rings. The standard InChI is InChI=1S/C15H21N3O4/c19-15(10-16-3-4-18-5-7-20-8-6-18)17-12-1-2-13-14(9-12)22-11-21-13/h1-2,9,16H,3-8,10-11H2,(H,17,19). The van der Waals surface area contributed by atoms with E-state index < -0.39 is 0 Å². The summed E-state index contributed by atoms with van der Waals surface area (Å²) < 4.78 is 15.8. The van der Waals surface area contributed by atoms with Crippen molar-refractivity contribution in [3.05, 3.63) is 18.2 Å². The van der Waals surface area contributed by atoms with Crippen molar-refractivity contribution >= 4 is 11.6 Å². The lowest BCUT2D eigenvalue weighted by Gasteiger charge is -2.26. The van der Waals surface area contributed by atoms with E-state index in [1.165, 1.54) is 0 Å². The second-order valence-corrected chi connectivity index (χ2v) is 5.25. The molecule has 22 heavy (non-hydrogen) atoms. The van der Waals surface area contributed by atoms with Gasteiger partial charge in [-0.3, -0.25) is 9.69 Å². The molecule has 0 aliphatic carbocycles. The van der Waals surface area contributed by atoms with Crippen molar-refractivity contribution in [3.63, 3.8) is 0 Å². The maximum absolute atomic E-state index is 11.9. The van der Waals surface area contributed by atoms with Crippen molar-refractivity contribution < 1.29 is 19.0 Å². The summed E-state index contributed by atoms with van der Waals surface area (Å²) in [5.41, 5.74) is 0.712. The van der Waals surface area contributed by atoms with Crippen LogP contribution in [0.1, 0.15) is 0 Å². The summed E-state index contributed by atoms with van der Waals surface area (Å²) in [7, 11) is 0. The Hall–Kier alpha value is -1.83. The van der Waals surface area contributed by atoms with E-state index in [4.69, 9.17) is 14.2 Å². The topological polar surface area (TPSA) is 72.1 Å². The number of nitrogens with zero attached hydrogens (tertiary/aromatic N) is 1. The highest BCUT2D eigenvalue weighted by Crippen LogP contribution is 2.34. The van der Waals surface area contributed by atoms with Crippen LogP contribution in [0.2, 0.25) is 0 Å². The second-order valence-electron chi connectivity index (χ2n) is 5.25. The van der Waals surface area contributed by atoms with Crippen molar-refractivity contribution in [2.75, 3.05) is 58.0 Å². The van der Waals surface area contributed by atoms with E-state index in [2.05, 4.69) is 15.5 Å². The molecule has 0 radical (unpaired) electrons. The third kappa shape index (κ3) is 4.09. The van der Waals surface area contributed by atoms with Crippen LogP contribution in [-0.4, -0.2) is 63.5 Å². The Bertz CT molecular complexity index is 518. The Balaban J connectivity index is 1.35. The fraction of sp³-hybridized carbons (Fsp3) is 0.533. The lowest BCUT2D eigenvalue weighted by molar-refractivity contribution is -0.115. The Labute approximate surface area is 129 Å². The number of hydrogen-bond donors (Lipinski definition) is 2. The van der Waals surface area contributed by atoms with Gasteiger partial charge in [0.05, 0.1) is 19.8 Å². The molecule has 1 aromatic rings. The van der Waals surface area contributed by atoms with Gasteiger partial charge in [0.2, 0.25) is 12.7 Å². The normalized spacial score (nSPS) is 17.5. The van der Waals surface area contributed by atoms with Gasteiger partial charge in [-0.15, -0.1) is 0 Å². The van der Waals surface area contributed by atoms with Crippen LogP contribution in [0, 0.1) is 0 Å². The third-order valence-electron chi connectivity index (χ3n) is 3.65. The van der Waals surface area contributed by atoms with Gasteiger partial charge < -0.3 is 24.8 Å². The molecule has 2 N–H and O–H groups in total. The number of morpholine rings is 1. The molecule has 1 amide bonds. The fourth-order valence-corrected chi connectivity index (χ4v) is 2.44. The van der Waals surface area contributed by atoms with E-state index in [1.807, 2.05) is 0 Å². The van der Waals surface area contributed by atoms with Crippen molar-refractivity contribution in [3.8, 4) is 11.5 Å². The van der Waals surface area contributed by atoms with Crippen LogP contribution in [0.3, 0.4) is 0 Å². The molecule has 2 aliphatic heterocycles. The zero-order chi connectivity index (χ0) is 15.2. The molecule has 1 aromatic carbocycles. The molecule has 0 aromatic heterocycles. The SMILES string of the molecule is O=C(CNCCN1CCOCC1)Nc1ccc2c(c1)OCO2. The number of fused-ring (bicyclic) bond motifs is 1. The second kappa shape index (κ2) is 7.44. The van der Waals surface area contributed by atoms with Crippen LogP contribution < -0.4 is 20.1 Å². The van der Waals surface area contributed by atoms with Gasteiger partial charge in [0.25, 0.3) is 0 Å². The van der Waals surface area contributed by atoms with Gasteiger partial charge in [0, 0.05) is 37.9 Å². The summed E-state index contributed by atoms with van der Waals surface area (Å²) in [6.07, 6.45) is 0. The molecule has 0 bridgehead atoms. The zero-order valence-electron chi connectivity index (χ0n) is 12.5. The summed E-state index contributed by atoms with van der Waals surface area (Å²) >= 11 is 0. The highest BCUT2D eigenvalue weighted by Gasteiger charge is 2.14. The average molecular weight is 307 g/mol. The third-order valence-corrected chi connectivity index (χ3v) is 3.65. The smallest absolute Gasteiger partial charge is 0.238 e. The zero-order valence-corrected chi connectivity index (χ0v) is 12.5. The van der Waals surface area contributed by atoms with Crippen LogP contribution in [0.25, 0.3) is 0 Å². The predicted molar refractivity (Wildman–Crippen MR) is 81.3 cm³/mol. The van der Waals surface area contributed by atoms with Crippen LogP contribution in [0.15, 0.2) is 18.2 Å². The number of benzene rings is 1. The van der Waals surface area contributed by atoms with E-state index in [9.17, 15) is 4.79 Å². The van der Waals surface area contributed by atoms with Crippen molar-refractivity contribution in [2.24, 2.45) is 0 Å². The quantitative estimate of drug-likeness (QED) is 0.735. The van der Waals surface area contributed by atoms with E-state index in [0.29, 0.717) is 23.7 Å². The highest BCUT2D eigenvalue weighted by molar-refractivity contribution is 5.92. The molecule has 2 heterocycles. The molecule has 120 valence electrons. The maximum Gasteiger partial charge on any atom is 0.238 e. The minimum atomic E-state index is -0.0687. The van der Waals surface area contributed by atoms with Crippen molar-refractivity contribution in [1.82, 2.24) is 10.2 Å². The van der Waals surface area contributed by atoms with Gasteiger partial charge in [-0.05, 0) is 12.1 Å². The fourth-order valence-electron chi connectivity index (χ4n) is 2.44. The molecule has 7 heteroatoms. The van der Waals surface area contributed by atoms with Crippen molar-refractivity contribution in [2.45, 2.75) is 0 Å². The monoisotopic (exact) mass is 307 g/mol. The summed E-state index contributed by atoms with van der Waals surface area (Å²) in [5.74, 6) is 1.31. The minimum Gasteiger partial charge on any atom is -0.454 e. The van der Waals surface area contributed by atoms with E-state index in [0.717, 1.165) is 39.4 Å². The summed E-state index contributed by atoms with van der Waals surface area (Å²) in [6.45, 7) is 5.76. The average Bonchev–Trinajstić information content (AvgIpc) is 3.00. The van der Waals surface area contributed by atoms with Gasteiger partial charge in [-0.25, -0.2) is 0 Å². The Morgan fingerprint density at radius 1 is 1.18 bits per heavy atom. The van der Waals surface area contributed by atoms with Crippen LogP contribution in [0.5, 0.6) is 11.5 Å². The molecule has 0 unspecified atom stereocenters. The molecule has 3 rings (SSSR count). The first-order chi connectivity index (χ1) is 10.8. The lowest BCUT2D eigenvalue weighted by atomic mass is 10.3. The van der Waals surface area contributed by atoms with Crippen LogP contribution in [-0.2, 0) is 9.53 Å². The number of nitrogens with one attached hydrogen (secondary N) is 2. The van der Waals surface area contributed by atoms with E-state index in [-0.39, 0.29) is 12.7 Å². The first-order valence-corrected chi connectivity index (χ1v) is 7.51. The Morgan fingerprint density at radius 2 is 2.00 bits per heavy atom. The first-order valence-electron chi connectivity index (χ1n) is 7.51. The van der Waals surface area contributed by atoms with Gasteiger partial charge in [-0.1, -0.05) is 0 Å². The minimum absolute atomic E-state index is 0.0687. The summed E-state index contributed by atoms with van der Waals surface area (Å²) in [6, 6.07) is 5.37. The molecule has 0 spiro atoms. The summed E-state index contributed by atoms with van der Waals surface area (Å²) in [4.78, 5) is 14.2. The molecule has 0 saturated carbocycles. The Kier molecular flexibility index (Phi) is 5.10. The van der Waals surface area contributed by atoms with Gasteiger partial charge in [-0.2, -0.15) is 0 Å². The number of rotatable bonds is 6. The highest BCUT2D eigenvalue weighted by atomic mass is 16.7. The molecule has 1 fully saturated rings.